The molecule has 0 unspecified atom stereocenters. The maximum atomic E-state index is 5.29. The fraction of sp³-hybridized carbons (Fsp3) is 0.294. The molecule has 1 fully saturated rings. The number of anilines is 1. The van der Waals surface area contributed by atoms with Crippen molar-refractivity contribution in [2.45, 2.75) is 31.7 Å². The van der Waals surface area contributed by atoms with E-state index < -0.39 is 0 Å². The molecule has 0 spiro atoms. The number of hydrogen-bond donors (Lipinski definition) is 1. The average molecular weight is 307 g/mol. The van der Waals surface area contributed by atoms with E-state index in [1.54, 1.807) is 0 Å². The van der Waals surface area contributed by atoms with Gasteiger partial charge in [0.25, 0.3) is 5.89 Å². The third-order valence-corrected chi connectivity index (χ3v) is 4.05. The Hall–Kier alpha value is -2.76. The van der Waals surface area contributed by atoms with Gasteiger partial charge in [0.15, 0.2) is 5.69 Å². The molecule has 1 aliphatic rings. The second-order valence-corrected chi connectivity index (χ2v) is 5.72. The lowest BCUT2D eigenvalue weighted by Gasteiger charge is -2.11. The van der Waals surface area contributed by atoms with Crippen LogP contribution in [0.4, 0.5) is 5.82 Å². The Balaban J connectivity index is 1.51. The van der Waals surface area contributed by atoms with Crippen LogP contribution in [-0.4, -0.2) is 26.4 Å². The predicted octanol–water partition coefficient (Wildman–Crippen LogP) is 3.55. The summed E-state index contributed by atoms with van der Waals surface area (Å²) in [6.07, 6.45) is 4.97. The van der Waals surface area contributed by atoms with E-state index in [0.717, 1.165) is 11.4 Å². The molecule has 1 aliphatic carbocycles. The van der Waals surface area contributed by atoms with Gasteiger partial charge in [-0.3, -0.25) is 0 Å². The molecule has 0 amide bonds. The summed E-state index contributed by atoms with van der Waals surface area (Å²) in [5.74, 6) is 1.72. The molecular formula is C17H17N5O. The topological polar surface area (TPSA) is 76.7 Å². The van der Waals surface area contributed by atoms with Crippen molar-refractivity contribution in [2.24, 2.45) is 0 Å². The zero-order valence-electron chi connectivity index (χ0n) is 12.6. The quantitative estimate of drug-likeness (QED) is 0.794. The Morgan fingerprint density at radius 3 is 2.52 bits per heavy atom. The smallest absolute Gasteiger partial charge is 0.278 e. The van der Waals surface area contributed by atoms with Crippen LogP contribution in [0.2, 0.25) is 0 Å². The van der Waals surface area contributed by atoms with Gasteiger partial charge in [-0.05, 0) is 25.0 Å². The maximum Gasteiger partial charge on any atom is 0.278 e. The van der Waals surface area contributed by atoms with Crippen LogP contribution in [-0.2, 0) is 0 Å². The van der Waals surface area contributed by atoms with E-state index in [-0.39, 0.29) is 0 Å². The molecule has 23 heavy (non-hydrogen) atoms. The number of aromatic nitrogens is 4. The average Bonchev–Trinajstić information content (AvgIpc) is 3.28. The van der Waals surface area contributed by atoms with Crippen LogP contribution in [0, 0.1) is 0 Å². The van der Waals surface area contributed by atoms with E-state index in [9.17, 15) is 0 Å². The van der Waals surface area contributed by atoms with Gasteiger partial charge in [0, 0.05) is 11.6 Å². The van der Waals surface area contributed by atoms with Gasteiger partial charge in [-0.15, -0.1) is 10.2 Å². The van der Waals surface area contributed by atoms with Crippen LogP contribution in [0.15, 0.2) is 47.0 Å². The Morgan fingerprint density at radius 2 is 1.78 bits per heavy atom. The number of nitrogens with one attached hydrogen (secondary N) is 1. The molecule has 6 heteroatoms. The maximum absolute atomic E-state index is 5.29. The Morgan fingerprint density at radius 1 is 0.957 bits per heavy atom. The second-order valence-electron chi connectivity index (χ2n) is 5.72. The third kappa shape index (κ3) is 3.06. The van der Waals surface area contributed by atoms with Crippen molar-refractivity contribution in [2.75, 3.05) is 5.32 Å². The lowest BCUT2D eigenvalue weighted by Crippen LogP contribution is -2.15. The van der Waals surface area contributed by atoms with Gasteiger partial charge in [0.2, 0.25) is 5.82 Å². The van der Waals surface area contributed by atoms with E-state index >= 15 is 0 Å². The minimum atomic E-state index is 0.378. The summed E-state index contributed by atoms with van der Waals surface area (Å²) in [5.41, 5.74) is 1.49. The summed E-state index contributed by atoms with van der Waals surface area (Å²) in [6, 6.07) is 14.0. The summed E-state index contributed by atoms with van der Waals surface area (Å²) in [6.45, 7) is 0. The summed E-state index contributed by atoms with van der Waals surface area (Å²) in [7, 11) is 0. The first-order valence-corrected chi connectivity index (χ1v) is 7.88. The van der Waals surface area contributed by atoms with Crippen LogP contribution < -0.4 is 5.32 Å². The van der Waals surface area contributed by atoms with Crippen LogP contribution in [0.1, 0.15) is 25.7 Å². The van der Waals surface area contributed by atoms with E-state index in [1.165, 1.54) is 25.7 Å². The summed E-state index contributed by atoms with van der Waals surface area (Å²) >= 11 is 0. The lowest BCUT2D eigenvalue weighted by molar-refractivity contribution is 0.430. The predicted molar refractivity (Wildman–Crippen MR) is 86.6 cm³/mol. The number of rotatable bonds is 4. The van der Waals surface area contributed by atoms with Crippen LogP contribution in [0.25, 0.3) is 23.0 Å². The zero-order chi connectivity index (χ0) is 15.5. The fourth-order valence-corrected chi connectivity index (χ4v) is 2.83. The molecule has 4 rings (SSSR count). The molecule has 0 radical (unpaired) electrons. The second kappa shape index (κ2) is 6.16. The standard InChI is InChI=1S/C17H17N5O/c1-2-6-12(7-3-1)16-19-17(23-22-16)14-10-11-15(21-20-14)18-13-8-4-5-9-13/h1-3,6-7,10-11,13H,4-5,8-9H2,(H,18,21). The minimum Gasteiger partial charge on any atom is -0.366 e. The highest BCUT2D eigenvalue weighted by Crippen LogP contribution is 2.23. The number of benzene rings is 1. The first-order chi connectivity index (χ1) is 11.4. The molecule has 2 aromatic heterocycles. The molecule has 1 saturated carbocycles. The molecule has 2 heterocycles. The molecule has 1 N–H and O–H groups in total. The summed E-state index contributed by atoms with van der Waals surface area (Å²) in [4.78, 5) is 4.38. The van der Waals surface area contributed by atoms with Crippen molar-refractivity contribution < 1.29 is 4.52 Å². The highest BCUT2D eigenvalue weighted by Gasteiger charge is 2.16. The van der Waals surface area contributed by atoms with E-state index in [2.05, 4.69) is 25.7 Å². The van der Waals surface area contributed by atoms with Crippen LogP contribution in [0.3, 0.4) is 0 Å². The van der Waals surface area contributed by atoms with Crippen molar-refractivity contribution in [3.8, 4) is 23.0 Å². The fourth-order valence-electron chi connectivity index (χ4n) is 2.83. The molecule has 0 saturated heterocycles. The van der Waals surface area contributed by atoms with Gasteiger partial charge in [-0.2, -0.15) is 4.98 Å². The minimum absolute atomic E-state index is 0.378. The van der Waals surface area contributed by atoms with Gasteiger partial charge in [0.05, 0.1) is 0 Å². The first kappa shape index (κ1) is 13.9. The largest absolute Gasteiger partial charge is 0.366 e. The van der Waals surface area contributed by atoms with Gasteiger partial charge in [-0.25, -0.2) is 0 Å². The Labute approximate surface area is 134 Å². The molecular weight excluding hydrogens is 290 g/mol. The van der Waals surface area contributed by atoms with Crippen molar-refractivity contribution in [1.82, 2.24) is 20.3 Å². The van der Waals surface area contributed by atoms with Crippen molar-refractivity contribution >= 4 is 5.82 Å². The van der Waals surface area contributed by atoms with Gasteiger partial charge in [0.1, 0.15) is 5.82 Å². The highest BCUT2D eigenvalue weighted by molar-refractivity contribution is 5.57. The van der Waals surface area contributed by atoms with Crippen molar-refractivity contribution in [1.29, 1.82) is 0 Å². The van der Waals surface area contributed by atoms with E-state index in [4.69, 9.17) is 4.52 Å². The summed E-state index contributed by atoms with van der Waals surface area (Å²) in [5, 5.41) is 15.8. The number of nitrogens with zero attached hydrogens (tertiary/aromatic N) is 4. The highest BCUT2D eigenvalue weighted by atomic mass is 16.5. The summed E-state index contributed by atoms with van der Waals surface area (Å²) < 4.78 is 5.29. The zero-order valence-corrected chi connectivity index (χ0v) is 12.6. The Kier molecular flexibility index (Phi) is 3.71. The van der Waals surface area contributed by atoms with Crippen LogP contribution >= 0.6 is 0 Å². The molecule has 3 aromatic rings. The molecule has 1 aromatic carbocycles. The van der Waals surface area contributed by atoms with Gasteiger partial charge >= 0.3 is 0 Å². The SMILES string of the molecule is c1ccc(-c2noc(-c3ccc(NC4CCCC4)nn3)n2)cc1. The van der Waals surface area contributed by atoms with E-state index in [1.807, 2.05) is 42.5 Å². The van der Waals surface area contributed by atoms with Crippen molar-refractivity contribution in [3.63, 3.8) is 0 Å². The normalized spacial score (nSPS) is 15.0. The molecule has 0 atom stereocenters. The molecule has 0 bridgehead atoms. The Bertz CT molecular complexity index is 763. The molecule has 6 nitrogen and oxygen atoms in total. The van der Waals surface area contributed by atoms with Crippen LogP contribution in [0.5, 0.6) is 0 Å². The monoisotopic (exact) mass is 307 g/mol. The lowest BCUT2D eigenvalue weighted by atomic mass is 10.2. The first-order valence-electron chi connectivity index (χ1n) is 7.88. The number of hydrogen-bond acceptors (Lipinski definition) is 6. The van der Waals surface area contributed by atoms with Gasteiger partial charge in [-0.1, -0.05) is 48.3 Å². The van der Waals surface area contributed by atoms with Crippen molar-refractivity contribution in [3.05, 3.63) is 42.5 Å². The van der Waals surface area contributed by atoms with E-state index in [0.29, 0.717) is 23.5 Å². The molecule has 0 aliphatic heterocycles. The van der Waals surface area contributed by atoms with Gasteiger partial charge < -0.3 is 9.84 Å². The molecule has 116 valence electrons. The third-order valence-electron chi connectivity index (χ3n) is 4.05.